The Kier molecular flexibility index (Phi) is 5.57. The molecule has 0 unspecified atom stereocenters. The van der Waals surface area contributed by atoms with E-state index in [0.29, 0.717) is 5.17 Å². The summed E-state index contributed by atoms with van der Waals surface area (Å²) in [5.74, 6) is -0.0309. The van der Waals surface area contributed by atoms with Crippen LogP contribution in [0.25, 0.3) is 0 Å². The van der Waals surface area contributed by atoms with E-state index in [1.807, 2.05) is 44.7 Å². The normalized spacial score (nSPS) is 27.0. The maximum atomic E-state index is 12.4. The van der Waals surface area contributed by atoms with Gasteiger partial charge in [0.15, 0.2) is 15.0 Å². The molecule has 2 saturated heterocycles. The predicted octanol–water partition coefficient (Wildman–Crippen LogP) is 3.71. The summed E-state index contributed by atoms with van der Waals surface area (Å²) in [6.45, 7) is 7.84. The van der Waals surface area contributed by atoms with Gasteiger partial charge in [0.05, 0.1) is 17.5 Å². The van der Waals surface area contributed by atoms with Gasteiger partial charge >= 0.3 is 0 Å². The molecule has 0 bridgehead atoms. The highest BCUT2D eigenvalue weighted by atomic mass is 79.9. The molecule has 3 rings (SSSR count). The van der Waals surface area contributed by atoms with Gasteiger partial charge < -0.3 is 4.90 Å². The fraction of sp³-hybridized carbons (Fsp3) is 0.556. The number of thioether (sulfide) groups is 1. The molecule has 0 radical (unpaired) electrons. The number of hydrogen-bond acceptors (Lipinski definition) is 4. The van der Waals surface area contributed by atoms with Crippen molar-refractivity contribution in [1.82, 2.24) is 0 Å². The van der Waals surface area contributed by atoms with Crippen molar-refractivity contribution in [3.63, 3.8) is 0 Å². The highest BCUT2D eigenvalue weighted by Gasteiger charge is 2.50. The summed E-state index contributed by atoms with van der Waals surface area (Å²) in [6, 6.07) is 3.85. The van der Waals surface area contributed by atoms with Crippen LogP contribution < -0.4 is 4.90 Å². The molecule has 1 aromatic rings. The molecular weight excluding hydrogens is 436 g/mol. The first-order valence-electron chi connectivity index (χ1n) is 8.68. The summed E-state index contributed by atoms with van der Waals surface area (Å²) >= 11 is 4.94. The monoisotopic (exact) mass is 458 g/mol. The third-order valence-electron chi connectivity index (χ3n) is 5.00. The molecule has 1 aromatic carbocycles. The second-order valence-corrected chi connectivity index (χ2v) is 11.4. The van der Waals surface area contributed by atoms with Crippen molar-refractivity contribution < 1.29 is 13.2 Å². The van der Waals surface area contributed by atoms with Crippen molar-refractivity contribution in [3.8, 4) is 0 Å². The molecule has 3 atom stereocenters. The van der Waals surface area contributed by atoms with Crippen LogP contribution in [0.1, 0.15) is 31.4 Å². The van der Waals surface area contributed by atoms with Crippen LogP contribution in [0.15, 0.2) is 21.6 Å². The Bertz CT molecular complexity index is 859. The molecule has 1 amide bonds. The lowest BCUT2D eigenvalue weighted by molar-refractivity contribution is -0.121. The van der Waals surface area contributed by atoms with Crippen molar-refractivity contribution in [1.29, 1.82) is 0 Å². The van der Waals surface area contributed by atoms with Crippen molar-refractivity contribution in [2.24, 2.45) is 10.9 Å². The maximum absolute atomic E-state index is 12.4. The number of rotatable bonds is 3. The molecule has 0 aromatic heterocycles. The van der Waals surface area contributed by atoms with Gasteiger partial charge in [-0.05, 0) is 43.5 Å². The van der Waals surface area contributed by atoms with E-state index in [1.165, 1.54) is 11.8 Å². The van der Waals surface area contributed by atoms with Crippen LogP contribution in [0.5, 0.6) is 0 Å². The molecule has 0 N–H and O–H groups in total. The van der Waals surface area contributed by atoms with Crippen molar-refractivity contribution in [2.75, 3.05) is 16.4 Å². The number of anilines is 1. The molecule has 0 aliphatic carbocycles. The van der Waals surface area contributed by atoms with Crippen LogP contribution in [0.3, 0.4) is 0 Å². The van der Waals surface area contributed by atoms with Crippen LogP contribution >= 0.6 is 27.7 Å². The van der Waals surface area contributed by atoms with Gasteiger partial charge in [0.25, 0.3) is 5.91 Å². The fourth-order valence-corrected chi connectivity index (χ4v) is 8.08. The van der Waals surface area contributed by atoms with E-state index in [-0.39, 0.29) is 34.6 Å². The number of fused-ring (bicyclic) bond motifs is 1. The van der Waals surface area contributed by atoms with E-state index in [1.54, 1.807) is 0 Å². The average molecular weight is 459 g/mol. The van der Waals surface area contributed by atoms with Crippen LogP contribution in [-0.2, 0) is 14.6 Å². The predicted molar refractivity (Wildman–Crippen MR) is 112 cm³/mol. The largest absolute Gasteiger partial charge is 0.315 e. The highest BCUT2D eigenvalue weighted by Crippen LogP contribution is 2.43. The Balaban J connectivity index is 2.09. The van der Waals surface area contributed by atoms with Crippen LogP contribution in [0.4, 0.5) is 5.69 Å². The van der Waals surface area contributed by atoms with Gasteiger partial charge in [0, 0.05) is 21.3 Å². The minimum absolute atomic E-state index is 0.0778. The summed E-state index contributed by atoms with van der Waals surface area (Å²) in [4.78, 5) is 18.8. The third-order valence-corrected chi connectivity index (χ3v) is 8.67. The van der Waals surface area contributed by atoms with Crippen molar-refractivity contribution in [2.45, 2.75) is 45.4 Å². The standard InChI is InChI=1S/C18H23BrN2O3S2/c1-5-10(2)17(22)20-18-21(14-8-26(23,24)9-15(14)25-18)16-11(3)6-13(19)7-12(16)4/h6-7,10,14-15H,5,8-9H2,1-4H3/t10-,14-,15+/m1/s1. The van der Waals surface area contributed by atoms with E-state index in [4.69, 9.17) is 0 Å². The minimum atomic E-state index is -3.06. The lowest BCUT2D eigenvalue weighted by Crippen LogP contribution is -2.38. The number of sulfone groups is 1. The van der Waals surface area contributed by atoms with E-state index in [2.05, 4.69) is 20.9 Å². The van der Waals surface area contributed by atoms with E-state index < -0.39 is 9.84 Å². The summed E-state index contributed by atoms with van der Waals surface area (Å²) < 4.78 is 25.3. The minimum Gasteiger partial charge on any atom is -0.315 e. The SMILES string of the molecule is CC[C@@H](C)C(=O)N=C1S[C@H]2CS(=O)(=O)C[C@H]2N1c1c(C)cc(Br)cc1C. The molecule has 0 saturated carbocycles. The zero-order valence-corrected chi connectivity index (χ0v) is 18.5. The number of hydrogen-bond donors (Lipinski definition) is 0. The van der Waals surface area contributed by atoms with Gasteiger partial charge in [-0.25, -0.2) is 8.42 Å². The molecule has 0 spiro atoms. The quantitative estimate of drug-likeness (QED) is 0.690. The molecule has 5 nitrogen and oxygen atoms in total. The van der Waals surface area contributed by atoms with Gasteiger partial charge in [-0.3, -0.25) is 4.79 Å². The Morgan fingerprint density at radius 2 is 1.96 bits per heavy atom. The second-order valence-electron chi connectivity index (χ2n) is 7.10. The number of aryl methyl sites for hydroxylation is 2. The Labute approximate surface area is 167 Å². The average Bonchev–Trinajstić information content (AvgIpc) is 2.98. The van der Waals surface area contributed by atoms with E-state index >= 15 is 0 Å². The molecule has 8 heteroatoms. The first-order valence-corrected chi connectivity index (χ1v) is 12.2. The fourth-order valence-electron chi connectivity index (χ4n) is 3.49. The number of carbonyl (C=O) groups is 1. The lowest BCUT2D eigenvalue weighted by Gasteiger charge is -2.28. The lowest BCUT2D eigenvalue weighted by atomic mass is 10.1. The topological polar surface area (TPSA) is 66.8 Å². The van der Waals surface area contributed by atoms with Crippen molar-refractivity contribution in [3.05, 3.63) is 27.7 Å². The number of amidine groups is 1. The molecular formula is C18H23BrN2O3S2. The zero-order valence-electron chi connectivity index (χ0n) is 15.3. The number of carbonyl (C=O) groups excluding carboxylic acids is 1. The van der Waals surface area contributed by atoms with Crippen LogP contribution in [0.2, 0.25) is 0 Å². The van der Waals surface area contributed by atoms with Gasteiger partial charge in [-0.1, -0.05) is 41.5 Å². The molecule has 2 heterocycles. The molecule has 2 aliphatic heterocycles. The number of halogens is 1. The van der Waals surface area contributed by atoms with E-state index in [9.17, 15) is 13.2 Å². The second kappa shape index (κ2) is 7.28. The highest BCUT2D eigenvalue weighted by molar-refractivity contribution is 9.10. The van der Waals surface area contributed by atoms with Gasteiger partial charge in [-0.15, -0.1) is 0 Å². The Morgan fingerprint density at radius 3 is 2.54 bits per heavy atom. The summed E-state index contributed by atoms with van der Waals surface area (Å²) in [7, 11) is -3.06. The first kappa shape index (κ1) is 19.9. The summed E-state index contributed by atoms with van der Waals surface area (Å²) in [5.41, 5.74) is 3.03. The Hall–Kier alpha value is -0.860. The van der Waals surface area contributed by atoms with Crippen LogP contribution in [-0.4, -0.2) is 42.3 Å². The third kappa shape index (κ3) is 3.73. The summed E-state index contributed by atoms with van der Waals surface area (Å²) in [6.07, 6.45) is 0.734. The molecule has 142 valence electrons. The number of benzene rings is 1. The van der Waals surface area contributed by atoms with E-state index in [0.717, 1.165) is 27.7 Å². The number of nitrogens with zero attached hydrogens (tertiary/aromatic N) is 2. The van der Waals surface area contributed by atoms with Gasteiger partial charge in [-0.2, -0.15) is 4.99 Å². The van der Waals surface area contributed by atoms with Crippen LogP contribution in [0, 0.1) is 19.8 Å². The zero-order chi connectivity index (χ0) is 19.2. The van der Waals surface area contributed by atoms with Gasteiger partial charge in [0.1, 0.15) is 0 Å². The molecule has 2 aliphatic rings. The Morgan fingerprint density at radius 1 is 1.35 bits per heavy atom. The molecule has 2 fully saturated rings. The molecule has 26 heavy (non-hydrogen) atoms. The first-order chi connectivity index (χ1) is 12.1. The summed E-state index contributed by atoms with van der Waals surface area (Å²) in [5, 5.41) is 0.555. The van der Waals surface area contributed by atoms with Crippen molar-refractivity contribution >= 4 is 54.3 Å². The number of aliphatic imine (C=N–C) groups is 1. The maximum Gasteiger partial charge on any atom is 0.250 e. The number of amides is 1. The smallest absolute Gasteiger partial charge is 0.250 e. The van der Waals surface area contributed by atoms with Gasteiger partial charge in [0.2, 0.25) is 0 Å².